The van der Waals surface area contributed by atoms with Crippen molar-refractivity contribution in [1.82, 2.24) is 4.57 Å². The van der Waals surface area contributed by atoms with E-state index in [-0.39, 0.29) is 16.2 Å². The van der Waals surface area contributed by atoms with Gasteiger partial charge in [-0.25, -0.2) is 13.6 Å². The lowest BCUT2D eigenvalue weighted by Crippen LogP contribution is -2.37. The molecule has 8 nitrogen and oxygen atoms in total. The number of aromatic nitrogens is 1. The number of aryl methyl sites for hydroxylation is 2. The average Bonchev–Trinajstić information content (AvgIpc) is 2.71. The normalized spacial score (nSPS) is 14.2. The lowest BCUT2D eigenvalue weighted by Gasteiger charge is -2.38. The number of benzene rings is 2. The maximum atomic E-state index is 13.0. The van der Waals surface area contributed by atoms with Crippen molar-refractivity contribution in [3.63, 3.8) is 0 Å². The van der Waals surface area contributed by atoms with Crippen molar-refractivity contribution >= 4 is 38.0 Å². The highest BCUT2D eigenvalue weighted by molar-refractivity contribution is 7.89. The molecule has 11 heteroatoms. The first kappa shape index (κ1) is 22.0. The lowest BCUT2D eigenvalue weighted by atomic mass is 10.1. The predicted molar refractivity (Wildman–Crippen MR) is 119 cm³/mol. The van der Waals surface area contributed by atoms with Gasteiger partial charge in [0.1, 0.15) is 5.75 Å². The van der Waals surface area contributed by atoms with Gasteiger partial charge < -0.3 is 19.1 Å². The number of likely N-dealkylation sites (N-methyl/N-ethyl adjacent to an activating group) is 1. The number of halogens is 2. The summed E-state index contributed by atoms with van der Waals surface area (Å²) in [5.41, 5.74) is 2.45. The molecule has 0 saturated heterocycles. The number of nitrogens with two attached hydrogens (primary N) is 1. The van der Waals surface area contributed by atoms with Crippen LogP contribution in [0, 0.1) is 6.92 Å². The minimum atomic E-state index is -3.96. The third-order valence-corrected chi connectivity index (χ3v) is 6.54. The molecule has 2 N–H and O–H groups in total. The van der Waals surface area contributed by atoms with Gasteiger partial charge in [-0.2, -0.15) is 8.78 Å². The van der Waals surface area contributed by atoms with E-state index in [1.54, 1.807) is 26.1 Å². The van der Waals surface area contributed by atoms with E-state index in [1.165, 1.54) is 28.8 Å². The molecule has 0 unspecified atom stereocenters. The average molecular weight is 464 g/mol. The Morgan fingerprint density at radius 3 is 2.41 bits per heavy atom. The fourth-order valence-corrected chi connectivity index (χ4v) is 4.56. The molecule has 3 aromatic rings. The van der Waals surface area contributed by atoms with Gasteiger partial charge in [-0.3, -0.25) is 4.79 Å². The minimum absolute atomic E-state index is 0.0654. The molecule has 2 aromatic carbocycles. The van der Waals surface area contributed by atoms with E-state index in [2.05, 4.69) is 4.74 Å². The largest absolute Gasteiger partial charge is 0.435 e. The van der Waals surface area contributed by atoms with Crippen molar-refractivity contribution in [2.24, 2.45) is 12.2 Å². The number of nitrogens with zero attached hydrogens (tertiary/aromatic N) is 3. The predicted octanol–water partition coefficient (Wildman–Crippen LogP) is 2.68. The Kier molecular flexibility index (Phi) is 5.33. The molecule has 0 atom stereocenters. The number of hydrogen-bond donors (Lipinski definition) is 1. The van der Waals surface area contributed by atoms with E-state index < -0.39 is 16.6 Å². The smallest absolute Gasteiger partial charge is 0.387 e. The number of primary sulfonamides is 1. The molecule has 0 bridgehead atoms. The fourth-order valence-electron chi connectivity index (χ4n) is 4.03. The first-order chi connectivity index (χ1) is 15.0. The molecule has 0 radical (unpaired) electrons. The van der Waals surface area contributed by atoms with Crippen LogP contribution in [0.5, 0.6) is 5.75 Å². The monoisotopic (exact) mass is 464 g/mol. The van der Waals surface area contributed by atoms with Gasteiger partial charge in [0.25, 0.3) is 5.56 Å². The molecule has 0 amide bonds. The Morgan fingerprint density at radius 1 is 1.03 bits per heavy atom. The van der Waals surface area contributed by atoms with Crippen molar-refractivity contribution in [3.05, 3.63) is 52.3 Å². The second-order valence-corrected chi connectivity index (χ2v) is 9.28. The zero-order valence-electron chi connectivity index (χ0n) is 17.7. The molecule has 4 rings (SSSR count). The highest BCUT2D eigenvalue weighted by Gasteiger charge is 2.26. The molecule has 1 aromatic heterocycles. The van der Waals surface area contributed by atoms with Crippen LogP contribution in [0.3, 0.4) is 0 Å². The number of sulfonamides is 1. The van der Waals surface area contributed by atoms with Crippen LogP contribution in [0.1, 0.15) is 5.56 Å². The minimum Gasteiger partial charge on any atom is -0.435 e. The molecule has 2 heterocycles. The summed E-state index contributed by atoms with van der Waals surface area (Å²) in [7, 11) is -0.529. The number of rotatable bonds is 4. The van der Waals surface area contributed by atoms with Gasteiger partial charge in [-0.05, 0) is 31.2 Å². The molecule has 1 aliphatic rings. The number of hydrogen-bond acceptors (Lipinski definition) is 6. The van der Waals surface area contributed by atoms with E-state index >= 15 is 0 Å². The first-order valence-electron chi connectivity index (χ1n) is 9.72. The summed E-state index contributed by atoms with van der Waals surface area (Å²) in [5.74, 6) is -0.107. The Morgan fingerprint density at radius 2 is 1.75 bits per heavy atom. The second kappa shape index (κ2) is 7.75. The molecular formula is C21H22F2N4O4S. The van der Waals surface area contributed by atoms with E-state index in [1.807, 2.05) is 16.8 Å². The Balaban J connectivity index is 2.03. The summed E-state index contributed by atoms with van der Waals surface area (Å²) in [6.07, 6.45) is 0. The van der Waals surface area contributed by atoms with Crippen LogP contribution >= 0.6 is 0 Å². The van der Waals surface area contributed by atoms with Crippen LogP contribution in [-0.4, -0.2) is 39.7 Å². The highest BCUT2D eigenvalue weighted by atomic mass is 32.2. The third-order valence-electron chi connectivity index (χ3n) is 5.63. The number of pyridine rings is 1. The van der Waals surface area contributed by atoms with Crippen LogP contribution < -0.4 is 25.2 Å². The summed E-state index contributed by atoms with van der Waals surface area (Å²) < 4.78 is 56.0. The zero-order valence-corrected chi connectivity index (χ0v) is 18.5. The number of ether oxygens (including phenoxy) is 1. The third kappa shape index (κ3) is 3.78. The summed E-state index contributed by atoms with van der Waals surface area (Å²) in [6, 6.07) is 9.10. The SMILES string of the molecule is Cc1cc2c(N3CCN(C)c4ccc(S(N)(=O)=O)cc43)cc(OC(F)F)cc2n(C)c1=O. The number of anilines is 3. The van der Waals surface area contributed by atoms with Crippen LogP contribution in [-0.2, 0) is 17.1 Å². The Labute approximate surface area is 183 Å². The van der Waals surface area contributed by atoms with E-state index in [0.29, 0.717) is 40.9 Å². The molecule has 0 saturated carbocycles. The van der Waals surface area contributed by atoms with E-state index in [9.17, 15) is 22.0 Å². The zero-order chi connectivity index (χ0) is 23.4. The van der Waals surface area contributed by atoms with Gasteiger partial charge in [-0.1, -0.05) is 0 Å². The van der Waals surface area contributed by atoms with Gasteiger partial charge in [-0.15, -0.1) is 0 Å². The number of fused-ring (bicyclic) bond motifs is 2. The van der Waals surface area contributed by atoms with Crippen LogP contribution in [0.2, 0.25) is 0 Å². The van der Waals surface area contributed by atoms with Gasteiger partial charge >= 0.3 is 6.61 Å². The molecule has 32 heavy (non-hydrogen) atoms. The molecule has 0 spiro atoms. The van der Waals surface area contributed by atoms with Crippen molar-refractivity contribution < 1.29 is 21.9 Å². The summed E-state index contributed by atoms with van der Waals surface area (Å²) in [6.45, 7) is -0.344. The maximum Gasteiger partial charge on any atom is 0.387 e. The van der Waals surface area contributed by atoms with Gasteiger partial charge in [0.15, 0.2) is 0 Å². The molecular weight excluding hydrogens is 442 g/mol. The summed E-state index contributed by atoms with van der Waals surface area (Å²) in [4.78, 5) is 16.2. The van der Waals surface area contributed by atoms with Crippen LogP contribution in [0.15, 0.2) is 46.1 Å². The molecule has 0 aliphatic carbocycles. The molecule has 0 fully saturated rings. The highest BCUT2D eigenvalue weighted by Crippen LogP contribution is 2.42. The van der Waals surface area contributed by atoms with Crippen LogP contribution in [0.4, 0.5) is 25.8 Å². The summed E-state index contributed by atoms with van der Waals surface area (Å²) >= 11 is 0. The molecule has 1 aliphatic heterocycles. The van der Waals surface area contributed by atoms with Crippen molar-refractivity contribution in [3.8, 4) is 5.75 Å². The van der Waals surface area contributed by atoms with Gasteiger partial charge in [0.05, 0.1) is 27.5 Å². The van der Waals surface area contributed by atoms with Crippen molar-refractivity contribution in [2.75, 3.05) is 29.9 Å². The number of alkyl halides is 2. The van der Waals surface area contributed by atoms with E-state index in [4.69, 9.17) is 5.14 Å². The quantitative estimate of drug-likeness (QED) is 0.638. The second-order valence-electron chi connectivity index (χ2n) is 7.71. The topological polar surface area (TPSA) is 97.9 Å². The van der Waals surface area contributed by atoms with Crippen LogP contribution in [0.25, 0.3) is 10.9 Å². The lowest BCUT2D eigenvalue weighted by molar-refractivity contribution is -0.0497. The van der Waals surface area contributed by atoms with E-state index in [0.717, 1.165) is 5.69 Å². The van der Waals surface area contributed by atoms with Crippen molar-refractivity contribution in [2.45, 2.75) is 18.4 Å². The first-order valence-corrected chi connectivity index (χ1v) is 11.3. The van der Waals surface area contributed by atoms with Gasteiger partial charge in [0.2, 0.25) is 10.0 Å². The standard InChI is InChI=1S/C21H22F2N4O4S/c1-12-8-15-17(26(3)20(12)28)9-13(31-21(22)23)10-18(15)27-7-6-25(2)16-5-4-14(11-19(16)27)32(24,29)30/h4-5,8-11,21H,6-7H2,1-3H3,(H2,24,29,30). The fraction of sp³-hybridized carbons (Fsp3) is 0.286. The molecule has 170 valence electrons. The maximum absolute atomic E-state index is 13.0. The Bertz CT molecular complexity index is 1390. The summed E-state index contributed by atoms with van der Waals surface area (Å²) in [5, 5.41) is 5.97. The van der Waals surface area contributed by atoms with Gasteiger partial charge in [0, 0.05) is 50.3 Å². The van der Waals surface area contributed by atoms with Crippen molar-refractivity contribution in [1.29, 1.82) is 0 Å². The Hall–Kier alpha value is -3.18.